The van der Waals surface area contributed by atoms with E-state index in [2.05, 4.69) is 26.5 Å². The van der Waals surface area contributed by atoms with Crippen LogP contribution in [0, 0.1) is 0 Å². The summed E-state index contributed by atoms with van der Waals surface area (Å²) in [5.41, 5.74) is 4.15. The quantitative estimate of drug-likeness (QED) is 0.527. The SMILES string of the molecule is COc1cc(/C=N\NC(=O)CN2C[C@H](c3ccccc3)CC2=O)cc(Br)c1O. The van der Waals surface area contributed by atoms with E-state index in [-0.39, 0.29) is 35.8 Å². The van der Waals surface area contributed by atoms with Crippen molar-refractivity contribution in [1.29, 1.82) is 0 Å². The molecule has 0 aromatic heterocycles. The minimum Gasteiger partial charge on any atom is -0.503 e. The van der Waals surface area contributed by atoms with E-state index in [9.17, 15) is 14.7 Å². The van der Waals surface area contributed by atoms with Crippen molar-refractivity contribution in [3.8, 4) is 11.5 Å². The maximum atomic E-state index is 12.2. The Labute approximate surface area is 171 Å². The van der Waals surface area contributed by atoms with Crippen molar-refractivity contribution in [3.05, 3.63) is 58.1 Å². The number of carbonyl (C=O) groups is 2. The molecule has 1 heterocycles. The molecule has 0 saturated carbocycles. The molecule has 7 nitrogen and oxygen atoms in total. The summed E-state index contributed by atoms with van der Waals surface area (Å²) in [7, 11) is 1.44. The average Bonchev–Trinajstić information content (AvgIpc) is 3.05. The average molecular weight is 446 g/mol. The third-order valence-electron chi connectivity index (χ3n) is 4.49. The molecule has 8 heteroatoms. The molecule has 1 saturated heterocycles. The van der Waals surface area contributed by atoms with Crippen LogP contribution in [0.5, 0.6) is 11.5 Å². The third-order valence-corrected chi connectivity index (χ3v) is 5.10. The number of rotatable bonds is 6. The highest BCUT2D eigenvalue weighted by Gasteiger charge is 2.31. The number of amides is 2. The second-order valence-corrected chi connectivity index (χ2v) is 7.29. The van der Waals surface area contributed by atoms with Gasteiger partial charge in [-0.1, -0.05) is 30.3 Å². The molecule has 1 aliphatic heterocycles. The number of methoxy groups -OCH3 is 1. The van der Waals surface area contributed by atoms with Gasteiger partial charge in [-0.15, -0.1) is 0 Å². The second kappa shape index (κ2) is 8.88. The normalized spacial score (nSPS) is 16.6. The predicted molar refractivity (Wildman–Crippen MR) is 108 cm³/mol. The van der Waals surface area contributed by atoms with E-state index in [1.165, 1.54) is 13.3 Å². The summed E-state index contributed by atoms with van der Waals surface area (Å²) in [6.45, 7) is 0.476. The van der Waals surface area contributed by atoms with E-state index in [1.54, 1.807) is 17.0 Å². The summed E-state index contributed by atoms with van der Waals surface area (Å²) >= 11 is 3.23. The Bertz CT molecular complexity index is 902. The standard InChI is InChI=1S/C20H20BrN3O4/c1-28-17-8-13(7-16(21)20(17)27)10-22-23-18(25)12-24-11-15(9-19(24)26)14-5-3-2-4-6-14/h2-8,10,15,27H,9,11-12H2,1H3,(H,23,25)/b22-10-/t15-/m1/s1. The van der Waals surface area contributed by atoms with Gasteiger partial charge in [-0.25, -0.2) is 5.43 Å². The van der Waals surface area contributed by atoms with Crippen molar-refractivity contribution in [1.82, 2.24) is 10.3 Å². The number of aromatic hydroxyl groups is 1. The van der Waals surface area contributed by atoms with Crippen LogP contribution in [0.15, 0.2) is 52.0 Å². The van der Waals surface area contributed by atoms with E-state index >= 15 is 0 Å². The number of likely N-dealkylation sites (tertiary alicyclic amines) is 1. The van der Waals surface area contributed by atoms with E-state index in [4.69, 9.17) is 4.74 Å². The van der Waals surface area contributed by atoms with Gasteiger partial charge in [0, 0.05) is 18.9 Å². The fourth-order valence-corrected chi connectivity index (χ4v) is 3.54. The molecule has 1 aliphatic rings. The number of nitrogens with zero attached hydrogens (tertiary/aromatic N) is 2. The molecule has 2 amide bonds. The molecule has 2 aromatic rings. The minimum absolute atomic E-state index is 0.01000. The molecule has 146 valence electrons. The van der Waals surface area contributed by atoms with Crippen LogP contribution in [0.3, 0.4) is 0 Å². The fraction of sp³-hybridized carbons (Fsp3) is 0.250. The first-order chi connectivity index (χ1) is 13.5. The lowest BCUT2D eigenvalue weighted by atomic mass is 9.99. The lowest BCUT2D eigenvalue weighted by molar-refractivity contribution is -0.133. The first kappa shape index (κ1) is 19.9. The number of phenolic OH excluding ortho intramolecular Hbond substituents is 1. The van der Waals surface area contributed by atoms with Gasteiger partial charge in [0.2, 0.25) is 5.91 Å². The molecule has 2 N–H and O–H groups in total. The molecule has 0 spiro atoms. The summed E-state index contributed by atoms with van der Waals surface area (Å²) in [5, 5.41) is 13.7. The Balaban J connectivity index is 1.55. The maximum absolute atomic E-state index is 12.2. The summed E-state index contributed by atoms with van der Waals surface area (Å²) in [6.07, 6.45) is 1.84. The van der Waals surface area contributed by atoms with E-state index in [0.29, 0.717) is 23.0 Å². The van der Waals surface area contributed by atoms with E-state index in [0.717, 1.165) is 5.56 Å². The fourth-order valence-electron chi connectivity index (χ4n) is 3.08. The Hall–Kier alpha value is -2.87. The monoisotopic (exact) mass is 445 g/mol. The van der Waals surface area contributed by atoms with Gasteiger partial charge >= 0.3 is 0 Å². The second-order valence-electron chi connectivity index (χ2n) is 6.43. The molecule has 0 unspecified atom stereocenters. The van der Waals surface area contributed by atoms with Crippen LogP contribution in [0.1, 0.15) is 23.5 Å². The number of benzene rings is 2. The number of nitrogens with one attached hydrogen (secondary N) is 1. The van der Waals surface area contributed by atoms with Crippen molar-refractivity contribution >= 4 is 34.0 Å². The molecular formula is C20H20BrN3O4. The van der Waals surface area contributed by atoms with Gasteiger partial charge in [0.1, 0.15) is 6.54 Å². The van der Waals surface area contributed by atoms with Crippen LogP contribution >= 0.6 is 15.9 Å². The summed E-state index contributed by atoms with van der Waals surface area (Å²) in [5.74, 6) is -0.0314. The molecule has 28 heavy (non-hydrogen) atoms. The Morgan fingerprint density at radius 1 is 1.39 bits per heavy atom. The van der Waals surface area contributed by atoms with Crippen LogP contribution in [-0.4, -0.2) is 48.2 Å². The summed E-state index contributed by atoms with van der Waals surface area (Å²) in [4.78, 5) is 25.9. The van der Waals surface area contributed by atoms with Crippen molar-refractivity contribution in [2.75, 3.05) is 20.2 Å². The van der Waals surface area contributed by atoms with Crippen LogP contribution < -0.4 is 10.2 Å². The first-order valence-electron chi connectivity index (χ1n) is 8.69. The largest absolute Gasteiger partial charge is 0.503 e. The molecule has 0 radical (unpaired) electrons. The Kier molecular flexibility index (Phi) is 6.30. The lowest BCUT2D eigenvalue weighted by Gasteiger charge is -2.15. The summed E-state index contributed by atoms with van der Waals surface area (Å²) in [6, 6.07) is 13.0. The van der Waals surface area contributed by atoms with Gasteiger partial charge in [-0.2, -0.15) is 5.10 Å². The molecule has 3 rings (SSSR count). The Morgan fingerprint density at radius 2 is 2.14 bits per heavy atom. The first-order valence-corrected chi connectivity index (χ1v) is 9.48. The van der Waals surface area contributed by atoms with Gasteiger partial charge in [0.25, 0.3) is 5.91 Å². The zero-order valence-corrected chi connectivity index (χ0v) is 16.8. The van der Waals surface area contributed by atoms with Gasteiger partial charge < -0.3 is 14.7 Å². The lowest BCUT2D eigenvalue weighted by Crippen LogP contribution is -2.36. The zero-order valence-electron chi connectivity index (χ0n) is 15.3. The predicted octanol–water partition coefficient (Wildman–Crippen LogP) is 2.63. The molecule has 2 aromatic carbocycles. The van der Waals surface area contributed by atoms with Crippen LogP contribution in [0.25, 0.3) is 0 Å². The zero-order chi connectivity index (χ0) is 20.1. The van der Waals surface area contributed by atoms with Gasteiger partial charge in [0.05, 0.1) is 17.8 Å². The molecule has 0 bridgehead atoms. The van der Waals surface area contributed by atoms with Crippen LogP contribution in [0.2, 0.25) is 0 Å². The molecule has 0 aliphatic carbocycles. The number of carbonyl (C=O) groups excluding carboxylic acids is 2. The highest BCUT2D eigenvalue weighted by molar-refractivity contribution is 9.10. The Morgan fingerprint density at radius 3 is 2.86 bits per heavy atom. The summed E-state index contributed by atoms with van der Waals surface area (Å²) < 4.78 is 5.52. The van der Waals surface area contributed by atoms with Gasteiger partial charge in [-0.3, -0.25) is 9.59 Å². The molecule has 1 fully saturated rings. The number of hydrazone groups is 1. The number of hydrogen-bond acceptors (Lipinski definition) is 5. The molecular weight excluding hydrogens is 426 g/mol. The van der Waals surface area contributed by atoms with Crippen molar-refractivity contribution in [2.45, 2.75) is 12.3 Å². The maximum Gasteiger partial charge on any atom is 0.259 e. The van der Waals surface area contributed by atoms with Crippen LogP contribution in [-0.2, 0) is 9.59 Å². The minimum atomic E-state index is -0.372. The third kappa shape index (κ3) is 4.69. The van der Waals surface area contributed by atoms with Crippen molar-refractivity contribution in [2.24, 2.45) is 5.10 Å². The van der Waals surface area contributed by atoms with E-state index < -0.39 is 0 Å². The number of phenols is 1. The van der Waals surface area contributed by atoms with Crippen molar-refractivity contribution < 1.29 is 19.4 Å². The highest BCUT2D eigenvalue weighted by atomic mass is 79.9. The smallest absolute Gasteiger partial charge is 0.259 e. The van der Waals surface area contributed by atoms with Gasteiger partial charge in [0.15, 0.2) is 11.5 Å². The number of ether oxygens (including phenoxy) is 1. The van der Waals surface area contributed by atoms with Crippen molar-refractivity contribution in [3.63, 3.8) is 0 Å². The van der Waals surface area contributed by atoms with Crippen LogP contribution in [0.4, 0.5) is 0 Å². The van der Waals surface area contributed by atoms with E-state index in [1.807, 2.05) is 30.3 Å². The topological polar surface area (TPSA) is 91.2 Å². The number of hydrogen-bond donors (Lipinski definition) is 2. The highest BCUT2D eigenvalue weighted by Crippen LogP contribution is 2.34. The van der Waals surface area contributed by atoms with Gasteiger partial charge in [-0.05, 0) is 39.2 Å². The molecule has 1 atom stereocenters. The number of halogens is 1.